The van der Waals surface area contributed by atoms with Gasteiger partial charge in [0.2, 0.25) is 10.0 Å². The van der Waals surface area contributed by atoms with E-state index in [4.69, 9.17) is 11.6 Å². The quantitative estimate of drug-likeness (QED) is 0.642. The van der Waals surface area contributed by atoms with E-state index < -0.39 is 22.0 Å². The van der Waals surface area contributed by atoms with Gasteiger partial charge in [0.05, 0.1) is 4.90 Å². The fourth-order valence-corrected chi connectivity index (χ4v) is 4.38. The Hall–Kier alpha value is -2.19. The van der Waals surface area contributed by atoms with Gasteiger partial charge in [0.15, 0.2) is 0 Å². The van der Waals surface area contributed by atoms with Gasteiger partial charge in [0, 0.05) is 5.02 Å². The molecule has 0 saturated carbocycles. The van der Waals surface area contributed by atoms with Crippen LogP contribution in [-0.4, -0.2) is 19.5 Å². The molecule has 0 amide bonds. The van der Waals surface area contributed by atoms with Gasteiger partial charge in [0.1, 0.15) is 6.04 Å². The summed E-state index contributed by atoms with van der Waals surface area (Å²) in [5.41, 5.74) is 2.12. The first kappa shape index (κ1) is 18.6. The highest BCUT2D eigenvalue weighted by Gasteiger charge is 2.27. The van der Waals surface area contributed by atoms with Crippen LogP contribution >= 0.6 is 22.9 Å². The average Bonchev–Trinajstić information content (AvgIpc) is 3.14. The highest BCUT2D eigenvalue weighted by molar-refractivity contribution is 7.89. The molecule has 0 saturated heterocycles. The number of hydrogen-bond donors (Lipinski definition) is 2. The molecular weight excluding hydrogens is 394 g/mol. The number of halogens is 1. The Morgan fingerprint density at radius 3 is 2.08 bits per heavy atom. The number of thiophene rings is 1. The van der Waals surface area contributed by atoms with Crippen LogP contribution in [0.3, 0.4) is 0 Å². The topological polar surface area (TPSA) is 83.5 Å². The normalized spacial score (nSPS) is 12.7. The summed E-state index contributed by atoms with van der Waals surface area (Å²) in [5, 5.41) is 13.3. The fourth-order valence-electron chi connectivity index (χ4n) is 2.39. The lowest BCUT2D eigenvalue weighted by Crippen LogP contribution is -2.33. The van der Waals surface area contributed by atoms with Gasteiger partial charge in [-0.15, -0.1) is 0 Å². The Bertz CT molecular complexity index is 998. The molecule has 1 atom stereocenters. The Kier molecular flexibility index (Phi) is 5.43. The van der Waals surface area contributed by atoms with E-state index in [0.717, 1.165) is 11.1 Å². The first-order chi connectivity index (χ1) is 12.4. The van der Waals surface area contributed by atoms with E-state index in [9.17, 15) is 18.3 Å². The van der Waals surface area contributed by atoms with Gasteiger partial charge in [-0.3, -0.25) is 4.79 Å². The van der Waals surface area contributed by atoms with E-state index >= 15 is 0 Å². The number of rotatable bonds is 6. The van der Waals surface area contributed by atoms with E-state index in [1.54, 1.807) is 41.1 Å². The predicted molar refractivity (Wildman–Crippen MR) is 102 cm³/mol. The van der Waals surface area contributed by atoms with Crippen molar-refractivity contribution in [2.75, 3.05) is 0 Å². The number of carbonyl (C=O) groups is 1. The summed E-state index contributed by atoms with van der Waals surface area (Å²) in [7, 11) is -3.98. The number of carboxylic acids is 1. The number of benzene rings is 2. The molecule has 0 radical (unpaired) electrons. The molecule has 26 heavy (non-hydrogen) atoms. The molecular formula is C18H14ClNO4S2. The van der Waals surface area contributed by atoms with Crippen LogP contribution in [0.25, 0.3) is 11.1 Å². The van der Waals surface area contributed by atoms with Gasteiger partial charge >= 0.3 is 5.97 Å². The number of carboxylic acid groups (broad SMARTS) is 1. The Balaban J connectivity index is 1.85. The van der Waals surface area contributed by atoms with Gasteiger partial charge in [0.25, 0.3) is 0 Å². The van der Waals surface area contributed by atoms with Crippen LogP contribution in [0.1, 0.15) is 11.6 Å². The third kappa shape index (κ3) is 4.13. The number of aliphatic carboxylic acids is 1. The van der Waals surface area contributed by atoms with Gasteiger partial charge < -0.3 is 5.11 Å². The van der Waals surface area contributed by atoms with Crippen molar-refractivity contribution in [1.29, 1.82) is 0 Å². The first-order valence-corrected chi connectivity index (χ1v) is 10.3. The minimum Gasteiger partial charge on any atom is -0.480 e. The third-order valence-electron chi connectivity index (χ3n) is 3.74. The minimum atomic E-state index is -3.98. The Labute approximate surface area is 159 Å². The molecule has 8 heteroatoms. The summed E-state index contributed by atoms with van der Waals surface area (Å²) in [5.74, 6) is -1.26. The lowest BCUT2D eigenvalue weighted by Gasteiger charge is -2.14. The van der Waals surface area contributed by atoms with E-state index in [1.807, 2.05) is 12.1 Å². The van der Waals surface area contributed by atoms with Crippen molar-refractivity contribution in [3.63, 3.8) is 0 Å². The monoisotopic (exact) mass is 407 g/mol. The van der Waals surface area contributed by atoms with E-state index in [-0.39, 0.29) is 4.90 Å². The van der Waals surface area contributed by atoms with Crippen molar-refractivity contribution in [3.8, 4) is 11.1 Å². The largest absolute Gasteiger partial charge is 0.480 e. The molecule has 1 aromatic heterocycles. The van der Waals surface area contributed by atoms with Crippen LogP contribution in [0, 0.1) is 0 Å². The molecule has 5 nitrogen and oxygen atoms in total. The standard InChI is InChI=1S/C18H14ClNO4S2/c19-15-5-1-12(2-6-15)13-3-7-16(8-4-13)26(23,24)20-17(18(21)22)14-9-10-25-11-14/h1-11,17,20H,(H,21,22). The maximum Gasteiger partial charge on any atom is 0.326 e. The fraction of sp³-hybridized carbons (Fsp3) is 0.0556. The van der Waals surface area contributed by atoms with Crippen LogP contribution < -0.4 is 4.72 Å². The molecule has 1 unspecified atom stereocenters. The van der Waals surface area contributed by atoms with Gasteiger partial charge in [-0.05, 0) is 57.8 Å². The van der Waals surface area contributed by atoms with Gasteiger partial charge in [-0.1, -0.05) is 35.9 Å². The second-order valence-corrected chi connectivity index (χ2v) is 8.41. The highest BCUT2D eigenvalue weighted by atomic mass is 35.5. The number of sulfonamides is 1. The zero-order valence-corrected chi connectivity index (χ0v) is 15.7. The summed E-state index contributed by atoms with van der Waals surface area (Å²) in [4.78, 5) is 11.4. The SMILES string of the molecule is O=C(O)C(NS(=O)(=O)c1ccc(-c2ccc(Cl)cc2)cc1)c1ccsc1. The maximum atomic E-state index is 12.5. The predicted octanol–water partition coefficient (Wildman–Crippen LogP) is 4.17. The van der Waals surface area contributed by atoms with Crippen LogP contribution in [0.15, 0.2) is 70.3 Å². The highest BCUT2D eigenvalue weighted by Crippen LogP contribution is 2.24. The molecule has 0 aliphatic heterocycles. The van der Waals surface area contributed by atoms with Crippen molar-refractivity contribution in [1.82, 2.24) is 4.72 Å². The van der Waals surface area contributed by atoms with Crippen molar-refractivity contribution in [2.45, 2.75) is 10.9 Å². The molecule has 0 spiro atoms. The summed E-state index contributed by atoms with van der Waals surface area (Å²) >= 11 is 7.17. The Morgan fingerprint density at radius 1 is 1.00 bits per heavy atom. The van der Waals surface area contributed by atoms with Crippen LogP contribution in [-0.2, 0) is 14.8 Å². The van der Waals surface area contributed by atoms with Crippen molar-refractivity contribution < 1.29 is 18.3 Å². The lowest BCUT2D eigenvalue weighted by molar-refractivity contribution is -0.139. The molecule has 2 N–H and O–H groups in total. The first-order valence-electron chi connectivity index (χ1n) is 7.50. The summed E-state index contributed by atoms with van der Waals surface area (Å²) in [6.07, 6.45) is 0. The van der Waals surface area contributed by atoms with Crippen molar-refractivity contribution in [2.24, 2.45) is 0 Å². The number of nitrogens with one attached hydrogen (secondary N) is 1. The molecule has 0 aliphatic carbocycles. The molecule has 3 aromatic rings. The van der Waals surface area contributed by atoms with Crippen LogP contribution in [0.5, 0.6) is 0 Å². The summed E-state index contributed by atoms with van der Waals surface area (Å²) < 4.78 is 27.3. The van der Waals surface area contributed by atoms with E-state index in [1.165, 1.54) is 23.5 Å². The third-order valence-corrected chi connectivity index (χ3v) is 6.13. The van der Waals surface area contributed by atoms with E-state index in [2.05, 4.69) is 4.72 Å². The van der Waals surface area contributed by atoms with Gasteiger partial charge in [-0.25, -0.2) is 8.42 Å². The minimum absolute atomic E-state index is 0.00306. The summed E-state index contributed by atoms with van der Waals surface area (Å²) in [6.45, 7) is 0. The Morgan fingerprint density at radius 2 is 1.58 bits per heavy atom. The maximum absolute atomic E-state index is 12.5. The molecule has 1 heterocycles. The average molecular weight is 408 g/mol. The molecule has 0 aliphatic rings. The summed E-state index contributed by atoms with van der Waals surface area (Å²) in [6, 6.07) is 13.6. The lowest BCUT2D eigenvalue weighted by atomic mass is 10.1. The second-order valence-electron chi connectivity index (χ2n) is 5.48. The molecule has 0 bridgehead atoms. The van der Waals surface area contributed by atoms with Crippen molar-refractivity contribution >= 4 is 38.9 Å². The van der Waals surface area contributed by atoms with Gasteiger partial charge in [-0.2, -0.15) is 16.1 Å². The molecule has 134 valence electrons. The molecule has 3 rings (SSSR count). The van der Waals surface area contributed by atoms with E-state index in [0.29, 0.717) is 10.6 Å². The number of hydrogen-bond acceptors (Lipinski definition) is 4. The molecule has 2 aromatic carbocycles. The zero-order chi connectivity index (χ0) is 18.7. The zero-order valence-electron chi connectivity index (χ0n) is 13.3. The second kappa shape index (κ2) is 7.59. The van der Waals surface area contributed by atoms with Crippen LogP contribution in [0.2, 0.25) is 5.02 Å². The smallest absolute Gasteiger partial charge is 0.326 e. The van der Waals surface area contributed by atoms with Crippen LogP contribution in [0.4, 0.5) is 0 Å². The molecule has 0 fully saturated rings. The van der Waals surface area contributed by atoms with Crippen molar-refractivity contribution in [3.05, 3.63) is 75.9 Å².